The standard InChI is InChI=1S/C13H24N4/c1-3-9-17-11(10-14)15-16-12(17)13(2)7-5-4-6-8-13/h3-10,14H2,1-2H3. The van der Waals surface area contributed by atoms with E-state index in [1.807, 2.05) is 0 Å². The van der Waals surface area contributed by atoms with E-state index in [0.29, 0.717) is 6.54 Å². The van der Waals surface area contributed by atoms with Crippen molar-refractivity contribution < 1.29 is 0 Å². The number of rotatable bonds is 4. The Morgan fingerprint density at radius 1 is 1.24 bits per heavy atom. The molecule has 0 bridgehead atoms. The number of hydrogen-bond donors (Lipinski definition) is 1. The molecule has 0 unspecified atom stereocenters. The van der Waals surface area contributed by atoms with E-state index in [4.69, 9.17) is 5.73 Å². The van der Waals surface area contributed by atoms with Crippen molar-refractivity contribution in [2.75, 3.05) is 0 Å². The third kappa shape index (κ3) is 2.37. The Balaban J connectivity index is 2.32. The van der Waals surface area contributed by atoms with E-state index >= 15 is 0 Å². The largest absolute Gasteiger partial charge is 0.324 e. The van der Waals surface area contributed by atoms with Gasteiger partial charge in [0.1, 0.15) is 11.6 Å². The summed E-state index contributed by atoms with van der Waals surface area (Å²) >= 11 is 0. The zero-order valence-electron chi connectivity index (χ0n) is 11.1. The first-order valence-electron chi connectivity index (χ1n) is 6.84. The molecule has 4 heteroatoms. The second kappa shape index (κ2) is 5.17. The van der Waals surface area contributed by atoms with Gasteiger partial charge in [-0.2, -0.15) is 0 Å². The van der Waals surface area contributed by atoms with Crippen molar-refractivity contribution in [1.82, 2.24) is 14.8 Å². The predicted octanol–water partition coefficient (Wildman–Crippen LogP) is 2.37. The second-order valence-electron chi connectivity index (χ2n) is 5.42. The molecule has 1 saturated carbocycles. The highest BCUT2D eigenvalue weighted by Crippen LogP contribution is 2.38. The van der Waals surface area contributed by atoms with Crippen LogP contribution in [0.4, 0.5) is 0 Å². The molecule has 4 nitrogen and oxygen atoms in total. The van der Waals surface area contributed by atoms with Crippen LogP contribution in [0.2, 0.25) is 0 Å². The van der Waals surface area contributed by atoms with E-state index in [1.165, 1.54) is 37.9 Å². The number of aromatic nitrogens is 3. The summed E-state index contributed by atoms with van der Waals surface area (Å²) in [6, 6.07) is 0. The molecule has 0 atom stereocenters. The molecule has 0 radical (unpaired) electrons. The number of nitrogens with two attached hydrogens (primary N) is 1. The van der Waals surface area contributed by atoms with Gasteiger partial charge in [0.05, 0.1) is 6.54 Å². The van der Waals surface area contributed by atoms with Crippen molar-refractivity contribution in [3.05, 3.63) is 11.6 Å². The predicted molar refractivity (Wildman–Crippen MR) is 68.6 cm³/mol. The summed E-state index contributed by atoms with van der Waals surface area (Å²) in [6.07, 6.45) is 7.56. The second-order valence-corrected chi connectivity index (χ2v) is 5.42. The highest BCUT2D eigenvalue weighted by atomic mass is 15.3. The smallest absolute Gasteiger partial charge is 0.146 e. The van der Waals surface area contributed by atoms with Gasteiger partial charge in [-0.3, -0.25) is 0 Å². The van der Waals surface area contributed by atoms with Crippen molar-refractivity contribution in [2.45, 2.75) is 70.9 Å². The van der Waals surface area contributed by atoms with Crippen LogP contribution >= 0.6 is 0 Å². The maximum atomic E-state index is 5.74. The highest BCUT2D eigenvalue weighted by molar-refractivity contribution is 5.10. The van der Waals surface area contributed by atoms with Crippen molar-refractivity contribution in [1.29, 1.82) is 0 Å². The molecule has 2 rings (SSSR count). The lowest BCUT2D eigenvalue weighted by Gasteiger charge is -2.33. The molecule has 0 amide bonds. The molecule has 1 aliphatic carbocycles. The molecule has 0 saturated heterocycles. The van der Waals surface area contributed by atoms with Crippen LogP contribution in [0.5, 0.6) is 0 Å². The number of hydrogen-bond acceptors (Lipinski definition) is 3. The van der Waals surface area contributed by atoms with E-state index in [9.17, 15) is 0 Å². The highest BCUT2D eigenvalue weighted by Gasteiger charge is 2.34. The van der Waals surface area contributed by atoms with Crippen LogP contribution in [0.25, 0.3) is 0 Å². The van der Waals surface area contributed by atoms with Gasteiger partial charge in [0.2, 0.25) is 0 Å². The fourth-order valence-corrected chi connectivity index (χ4v) is 2.95. The van der Waals surface area contributed by atoms with E-state index in [1.54, 1.807) is 0 Å². The molecule has 1 aromatic heterocycles. The first-order chi connectivity index (χ1) is 8.21. The molecular formula is C13H24N4. The topological polar surface area (TPSA) is 56.7 Å². The molecule has 1 fully saturated rings. The van der Waals surface area contributed by atoms with Gasteiger partial charge in [-0.1, -0.05) is 33.1 Å². The summed E-state index contributed by atoms with van der Waals surface area (Å²) in [5.41, 5.74) is 5.96. The maximum Gasteiger partial charge on any atom is 0.146 e. The molecule has 17 heavy (non-hydrogen) atoms. The van der Waals surface area contributed by atoms with Gasteiger partial charge in [-0.15, -0.1) is 10.2 Å². The van der Waals surface area contributed by atoms with Gasteiger partial charge in [0, 0.05) is 12.0 Å². The Hall–Kier alpha value is -0.900. The molecule has 1 heterocycles. The van der Waals surface area contributed by atoms with E-state index in [-0.39, 0.29) is 5.41 Å². The van der Waals surface area contributed by atoms with Crippen LogP contribution in [0.1, 0.15) is 64.0 Å². The lowest BCUT2D eigenvalue weighted by molar-refractivity contribution is 0.292. The Kier molecular flexibility index (Phi) is 3.82. The summed E-state index contributed by atoms with van der Waals surface area (Å²) in [5, 5.41) is 8.70. The molecule has 0 aliphatic heterocycles. The lowest BCUT2D eigenvalue weighted by Crippen LogP contribution is -2.30. The minimum Gasteiger partial charge on any atom is -0.324 e. The van der Waals surface area contributed by atoms with Gasteiger partial charge in [-0.25, -0.2) is 0 Å². The van der Waals surface area contributed by atoms with Crippen LogP contribution in [-0.4, -0.2) is 14.8 Å². The van der Waals surface area contributed by atoms with E-state index < -0.39 is 0 Å². The average molecular weight is 236 g/mol. The first kappa shape index (κ1) is 12.6. The molecule has 1 aliphatic rings. The first-order valence-corrected chi connectivity index (χ1v) is 6.84. The van der Waals surface area contributed by atoms with Gasteiger partial charge in [0.25, 0.3) is 0 Å². The van der Waals surface area contributed by atoms with Crippen LogP contribution in [0.3, 0.4) is 0 Å². The van der Waals surface area contributed by atoms with Gasteiger partial charge in [0.15, 0.2) is 0 Å². The van der Waals surface area contributed by atoms with Crippen molar-refractivity contribution in [3.8, 4) is 0 Å². The number of nitrogens with zero attached hydrogens (tertiary/aromatic N) is 3. The quantitative estimate of drug-likeness (QED) is 0.873. The molecule has 0 spiro atoms. The molecule has 0 aromatic carbocycles. The lowest BCUT2D eigenvalue weighted by atomic mass is 9.75. The Morgan fingerprint density at radius 3 is 2.53 bits per heavy atom. The van der Waals surface area contributed by atoms with Crippen LogP contribution in [0, 0.1) is 0 Å². The minimum absolute atomic E-state index is 0.216. The fraction of sp³-hybridized carbons (Fsp3) is 0.846. The fourth-order valence-electron chi connectivity index (χ4n) is 2.95. The molecule has 1 aromatic rings. The third-order valence-corrected chi connectivity index (χ3v) is 3.95. The van der Waals surface area contributed by atoms with E-state index in [2.05, 4.69) is 28.6 Å². The summed E-state index contributed by atoms with van der Waals surface area (Å²) in [5.74, 6) is 2.10. The molecule has 2 N–H and O–H groups in total. The van der Waals surface area contributed by atoms with Crippen molar-refractivity contribution >= 4 is 0 Å². The Bertz CT molecular complexity index is 363. The van der Waals surface area contributed by atoms with E-state index in [0.717, 1.165) is 18.8 Å². The zero-order chi connectivity index (χ0) is 12.3. The van der Waals surface area contributed by atoms with Crippen molar-refractivity contribution in [2.24, 2.45) is 5.73 Å². The summed E-state index contributed by atoms with van der Waals surface area (Å²) in [4.78, 5) is 0. The normalized spacial score (nSPS) is 19.5. The zero-order valence-corrected chi connectivity index (χ0v) is 11.1. The Labute approximate surface area is 104 Å². The monoisotopic (exact) mass is 236 g/mol. The third-order valence-electron chi connectivity index (χ3n) is 3.95. The summed E-state index contributed by atoms with van der Waals surface area (Å²) in [7, 11) is 0. The van der Waals surface area contributed by atoms with Gasteiger partial charge < -0.3 is 10.3 Å². The molecule has 96 valence electrons. The maximum absolute atomic E-state index is 5.74. The van der Waals surface area contributed by atoms with Crippen LogP contribution in [-0.2, 0) is 18.5 Å². The van der Waals surface area contributed by atoms with Crippen LogP contribution < -0.4 is 5.73 Å². The van der Waals surface area contributed by atoms with Gasteiger partial charge in [-0.05, 0) is 19.3 Å². The summed E-state index contributed by atoms with van der Waals surface area (Å²) in [6.45, 7) is 6.00. The SMILES string of the molecule is CCCn1c(CN)nnc1C1(C)CCCCC1. The Morgan fingerprint density at radius 2 is 1.94 bits per heavy atom. The van der Waals surface area contributed by atoms with Gasteiger partial charge >= 0.3 is 0 Å². The molecular weight excluding hydrogens is 212 g/mol. The minimum atomic E-state index is 0.216. The average Bonchev–Trinajstić information content (AvgIpc) is 2.74. The summed E-state index contributed by atoms with van der Waals surface area (Å²) < 4.78 is 2.26. The van der Waals surface area contributed by atoms with Crippen molar-refractivity contribution in [3.63, 3.8) is 0 Å². The van der Waals surface area contributed by atoms with Crippen LogP contribution in [0.15, 0.2) is 0 Å².